The van der Waals surface area contributed by atoms with Gasteiger partial charge < -0.3 is 9.67 Å². The molecule has 1 N–H and O–H groups in total. The van der Waals surface area contributed by atoms with Gasteiger partial charge in [0, 0.05) is 32.6 Å². The number of halogens is 1. The van der Waals surface area contributed by atoms with Crippen LogP contribution in [0.2, 0.25) is 5.02 Å². The third-order valence-electron chi connectivity index (χ3n) is 3.96. The highest BCUT2D eigenvalue weighted by atomic mass is 35.5. The van der Waals surface area contributed by atoms with Gasteiger partial charge in [0.25, 0.3) is 0 Å². The Morgan fingerprint density at radius 3 is 2.80 bits per heavy atom. The number of fused-ring (bicyclic) bond motifs is 1. The zero-order valence-corrected chi connectivity index (χ0v) is 14.8. The van der Waals surface area contributed by atoms with Crippen LogP contribution >= 0.6 is 23.4 Å². The van der Waals surface area contributed by atoms with Gasteiger partial charge in [-0.2, -0.15) is 0 Å². The van der Waals surface area contributed by atoms with Crippen LogP contribution in [-0.4, -0.2) is 14.7 Å². The molecule has 0 saturated carbocycles. The first-order valence-electron chi connectivity index (χ1n) is 7.83. The third kappa shape index (κ3) is 3.29. The SMILES string of the molecule is OCc1cccc(Sc2cn(-c3cccnc3)c3cc(Cl)ccc23)c1. The smallest absolute Gasteiger partial charge is 0.0682 e. The topological polar surface area (TPSA) is 38.0 Å². The predicted molar refractivity (Wildman–Crippen MR) is 103 cm³/mol. The lowest BCUT2D eigenvalue weighted by Crippen LogP contribution is -1.91. The van der Waals surface area contributed by atoms with Crippen LogP contribution < -0.4 is 0 Å². The molecule has 0 atom stereocenters. The van der Waals surface area contributed by atoms with Crippen molar-refractivity contribution in [2.24, 2.45) is 0 Å². The first kappa shape index (κ1) is 16.2. The van der Waals surface area contributed by atoms with E-state index in [2.05, 4.69) is 15.7 Å². The Kier molecular flexibility index (Phi) is 4.49. The number of hydrogen-bond acceptors (Lipinski definition) is 3. The first-order chi connectivity index (χ1) is 12.2. The summed E-state index contributed by atoms with van der Waals surface area (Å²) in [7, 11) is 0. The molecule has 0 spiro atoms. The molecule has 0 aliphatic heterocycles. The molecule has 3 nitrogen and oxygen atoms in total. The predicted octanol–water partition coefficient (Wildman–Crippen LogP) is 5.32. The maximum absolute atomic E-state index is 9.35. The molecule has 2 aromatic heterocycles. The maximum atomic E-state index is 9.35. The molecule has 2 aromatic carbocycles. The van der Waals surface area contributed by atoms with Crippen molar-refractivity contribution in [2.75, 3.05) is 0 Å². The molecule has 0 fully saturated rings. The van der Waals surface area contributed by atoms with Crippen LogP contribution in [0.4, 0.5) is 0 Å². The van der Waals surface area contributed by atoms with E-state index in [1.54, 1.807) is 18.0 Å². The quantitative estimate of drug-likeness (QED) is 0.531. The lowest BCUT2D eigenvalue weighted by molar-refractivity contribution is 0.281. The van der Waals surface area contributed by atoms with E-state index in [-0.39, 0.29) is 6.61 Å². The largest absolute Gasteiger partial charge is 0.392 e. The number of aromatic nitrogens is 2. The summed E-state index contributed by atoms with van der Waals surface area (Å²) in [5.74, 6) is 0. The molecule has 25 heavy (non-hydrogen) atoms. The Morgan fingerprint density at radius 2 is 2.00 bits per heavy atom. The molecule has 5 heteroatoms. The number of aliphatic hydroxyl groups excluding tert-OH is 1. The van der Waals surface area contributed by atoms with Gasteiger partial charge in [-0.25, -0.2) is 0 Å². The van der Waals surface area contributed by atoms with Crippen molar-refractivity contribution in [3.05, 3.63) is 83.8 Å². The van der Waals surface area contributed by atoms with E-state index in [0.29, 0.717) is 5.02 Å². The van der Waals surface area contributed by atoms with Crippen molar-refractivity contribution in [1.82, 2.24) is 9.55 Å². The molecule has 124 valence electrons. The summed E-state index contributed by atoms with van der Waals surface area (Å²) in [6, 6.07) is 17.8. The molecular formula is C20H15ClN2OS. The highest BCUT2D eigenvalue weighted by Crippen LogP contribution is 2.37. The summed E-state index contributed by atoms with van der Waals surface area (Å²) in [6.07, 6.45) is 5.70. The Hall–Kier alpha value is -2.27. The van der Waals surface area contributed by atoms with Crippen molar-refractivity contribution < 1.29 is 5.11 Å². The molecule has 0 aliphatic rings. The van der Waals surface area contributed by atoms with E-state index in [0.717, 1.165) is 31.9 Å². The molecule has 0 amide bonds. The van der Waals surface area contributed by atoms with Gasteiger partial charge in [0.1, 0.15) is 0 Å². The van der Waals surface area contributed by atoms with Crippen molar-refractivity contribution >= 4 is 34.3 Å². The fourth-order valence-corrected chi connectivity index (χ4v) is 4.01. The molecule has 4 aromatic rings. The van der Waals surface area contributed by atoms with Crippen LogP contribution in [0.3, 0.4) is 0 Å². The van der Waals surface area contributed by atoms with Crippen molar-refractivity contribution in [2.45, 2.75) is 16.4 Å². The summed E-state index contributed by atoms with van der Waals surface area (Å²) in [4.78, 5) is 6.44. The van der Waals surface area contributed by atoms with Gasteiger partial charge in [-0.3, -0.25) is 4.98 Å². The fraction of sp³-hybridized carbons (Fsp3) is 0.0500. The second-order valence-corrected chi connectivity index (χ2v) is 7.20. The van der Waals surface area contributed by atoms with E-state index in [1.165, 1.54) is 0 Å². The molecule has 0 unspecified atom stereocenters. The average molecular weight is 367 g/mol. The molecule has 0 saturated heterocycles. The lowest BCUT2D eigenvalue weighted by Gasteiger charge is -2.04. The van der Waals surface area contributed by atoms with Crippen LogP contribution in [0.15, 0.2) is 83.0 Å². The van der Waals surface area contributed by atoms with Gasteiger partial charge in [-0.1, -0.05) is 41.6 Å². The van der Waals surface area contributed by atoms with Crippen molar-refractivity contribution in [1.29, 1.82) is 0 Å². The second-order valence-electron chi connectivity index (χ2n) is 5.64. The number of hydrogen-bond donors (Lipinski definition) is 1. The zero-order chi connectivity index (χ0) is 17.2. The van der Waals surface area contributed by atoms with Gasteiger partial charge in [0.2, 0.25) is 0 Å². The van der Waals surface area contributed by atoms with Crippen LogP contribution in [0.5, 0.6) is 0 Å². The number of nitrogens with zero attached hydrogens (tertiary/aromatic N) is 2. The van der Waals surface area contributed by atoms with E-state index < -0.39 is 0 Å². The number of rotatable bonds is 4. The Bertz CT molecular complexity index is 1030. The molecule has 0 radical (unpaired) electrons. The fourth-order valence-electron chi connectivity index (χ4n) is 2.79. The van der Waals surface area contributed by atoms with E-state index >= 15 is 0 Å². The van der Waals surface area contributed by atoms with Crippen LogP contribution in [0.1, 0.15) is 5.56 Å². The monoisotopic (exact) mass is 366 g/mol. The maximum Gasteiger partial charge on any atom is 0.0682 e. The minimum atomic E-state index is 0.0431. The normalized spacial score (nSPS) is 11.1. The average Bonchev–Trinajstić information content (AvgIpc) is 3.00. The summed E-state index contributed by atoms with van der Waals surface area (Å²) in [5.41, 5.74) is 2.94. The molecule has 2 heterocycles. The standard InChI is InChI=1S/C20H15ClN2OS/c21-15-6-7-18-19(10-15)23(16-4-2-8-22-11-16)12-20(18)25-17-5-1-3-14(9-17)13-24/h1-12,24H,13H2. The molecule has 0 bridgehead atoms. The number of benzene rings is 2. The second kappa shape index (κ2) is 6.92. The first-order valence-corrected chi connectivity index (χ1v) is 9.03. The third-order valence-corrected chi connectivity index (χ3v) is 5.23. The van der Waals surface area contributed by atoms with Gasteiger partial charge in [0.05, 0.1) is 24.0 Å². The summed E-state index contributed by atoms with van der Waals surface area (Å²) in [5, 5.41) is 11.2. The van der Waals surface area contributed by atoms with Gasteiger partial charge >= 0.3 is 0 Å². The molecule has 0 aliphatic carbocycles. The summed E-state index contributed by atoms with van der Waals surface area (Å²) < 4.78 is 2.10. The number of aliphatic hydroxyl groups is 1. The van der Waals surface area contributed by atoms with Crippen LogP contribution in [-0.2, 0) is 6.61 Å². The minimum absolute atomic E-state index is 0.0431. The minimum Gasteiger partial charge on any atom is -0.392 e. The van der Waals surface area contributed by atoms with Gasteiger partial charge in [-0.05, 0) is 42.0 Å². The Labute approximate surface area is 154 Å². The van der Waals surface area contributed by atoms with Gasteiger partial charge in [0.15, 0.2) is 0 Å². The lowest BCUT2D eigenvalue weighted by atomic mass is 10.2. The van der Waals surface area contributed by atoms with E-state index in [4.69, 9.17) is 11.6 Å². The van der Waals surface area contributed by atoms with Gasteiger partial charge in [-0.15, -0.1) is 0 Å². The van der Waals surface area contributed by atoms with Crippen molar-refractivity contribution in [3.8, 4) is 5.69 Å². The number of pyridine rings is 1. The van der Waals surface area contributed by atoms with E-state index in [9.17, 15) is 5.11 Å². The highest BCUT2D eigenvalue weighted by molar-refractivity contribution is 7.99. The summed E-state index contributed by atoms with van der Waals surface area (Å²) in [6.45, 7) is 0.0431. The highest BCUT2D eigenvalue weighted by Gasteiger charge is 2.12. The summed E-state index contributed by atoms with van der Waals surface area (Å²) >= 11 is 7.90. The van der Waals surface area contributed by atoms with Crippen molar-refractivity contribution in [3.63, 3.8) is 0 Å². The molecule has 4 rings (SSSR count). The van der Waals surface area contributed by atoms with Crippen LogP contribution in [0, 0.1) is 0 Å². The zero-order valence-electron chi connectivity index (χ0n) is 13.3. The Balaban J connectivity index is 1.84. The Morgan fingerprint density at radius 1 is 1.08 bits per heavy atom. The van der Waals surface area contributed by atoms with Crippen LogP contribution in [0.25, 0.3) is 16.6 Å². The van der Waals surface area contributed by atoms with E-state index in [1.807, 2.05) is 60.8 Å². The molecular weight excluding hydrogens is 352 g/mol.